The summed E-state index contributed by atoms with van der Waals surface area (Å²) in [5.41, 5.74) is 2.58. The summed E-state index contributed by atoms with van der Waals surface area (Å²) in [6.07, 6.45) is 1.72. The Hall–Kier alpha value is -1.30. The van der Waals surface area contributed by atoms with Crippen molar-refractivity contribution in [2.24, 2.45) is 7.05 Å². The molecule has 2 rings (SSSR count). The summed E-state index contributed by atoms with van der Waals surface area (Å²) in [6, 6.07) is 5.16. The Morgan fingerprint density at radius 1 is 1.21 bits per heavy atom. The van der Waals surface area contributed by atoms with Crippen molar-refractivity contribution >= 4 is 51.9 Å². The molecule has 0 unspecified atom stereocenters. The number of hydrogen-bond acceptors (Lipinski definition) is 2. The van der Waals surface area contributed by atoms with Gasteiger partial charge in [-0.15, -0.1) is 0 Å². The first kappa shape index (κ1) is 14.1. The topological polar surface area (TPSA) is 41.9 Å². The van der Waals surface area contributed by atoms with Crippen LogP contribution in [0.5, 0.6) is 0 Å². The van der Waals surface area contributed by atoms with Crippen molar-refractivity contribution in [3.05, 3.63) is 40.1 Å². The smallest absolute Gasteiger partial charge is 0.175 e. The number of halogens is 2. The van der Waals surface area contributed by atoms with Crippen LogP contribution in [0.1, 0.15) is 5.69 Å². The van der Waals surface area contributed by atoms with E-state index in [4.69, 9.17) is 35.4 Å². The van der Waals surface area contributed by atoms with Gasteiger partial charge in [0, 0.05) is 22.8 Å². The van der Waals surface area contributed by atoms with Crippen LogP contribution in [0.15, 0.2) is 24.4 Å². The van der Waals surface area contributed by atoms with Crippen LogP contribution in [0.4, 0.5) is 11.4 Å². The number of nitrogens with zero attached hydrogens (tertiary/aromatic N) is 2. The highest BCUT2D eigenvalue weighted by atomic mass is 35.5. The van der Waals surface area contributed by atoms with Gasteiger partial charge in [-0.1, -0.05) is 23.2 Å². The Kier molecular flexibility index (Phi) is 4.29. The molecule has 1 aromatic carbocycles. The molecule has 1 aromatic heterocycles. The van der Waals surface area contributed by atoms with E-state index < -0.39 is 0 Å². The number of nitrogens with one attached hydrogen (secondary N) is 2. The van der Waals surface area contributed by atoms with Crippen LogP contribution in [-0.2, 0) is 7.05 Å². The molecule has 0 saturated carbocycles. The molecule has 0 bridgehead atoms. The maximum Gasteiger partial charge on any atom is 0.175 e. The molecular formula is C12H12Cl2N4S. The second-order valence-corrected chi connectivity index (χ2v) is 5.29. The van der Waals surface area contributed by atoms with E-state index in [1.807, 2.05) is 14.0 Å². The number of anilines is 2. The molecule has 0 radical (unpaired) electrons. The summed E-state index contributed by atoms with van der Waals surface area (Å²) in [4.78, 5) is 0. The van der Waals surface area contributed by atoms with Gasteiger partial charge in [-0.3, -0.25) is 4.68 Å². The fraction of sp³-hybridized carbons (Fsp3) is 0.167. The predicted molar refractivity (Wildman–Crippen MR) is 84.3 cm³/mol. The van der Waals surface area contributed by atoms with Crippen molar-refractivity contribution in [1.29, 1.82) is 0 Å². The van der Waals surface area contributed by atoms with Gasteiger partial charge >= 0.3 is 0 Å². The van der Waals surface area contributed by atoms with Crippen LogP contribution >= 0.6 is 35.4 Å². The summed E-state index contributed by atoms with van der Waals surface area (Å²) in [6.45, 7) is 1.95. The standard InChI is InChI=1S/C12H12Cl2N4S/c1-7-11(6-15-18(7)2)17-12(19)16-10-4-8(13)3-9(14)5-10/h3-6H,1-2H3,(H2,16,17,19). The molecule has 0 aliphatic carbocycles. The fourth-order valence-corrected chi connectivity index (χ4v) is 2.29. The SMILES string of the molecule is Cc1c(NC(=S)Nc2cc(Cl)cc(Cl)c2)cnn1C. The second-order valence-electron chi connectivity index (χ2n) is 4.00. The van der Waals surface area contributed by atoms with Gasteiger partial charge in [-0.05, 0) is 37.3 Å². The minimum Gasteiger partial charge on any atom is -0.332 e. The summed E-state index contributed by atoms with van der Waals surface area (Å²) in [5.74, 6) is 0. The van der Waals surface area contributed by atoms with Gasteiger partial charge in [0.15, 0.2) is 5.11 Å². The van der Waals surface area contributed by atoms with Gasteiger partial charge in [0.1, 0.15) is 0 Å². The van der Waals surface area contributed by atoms with Crippen LogP contribution in [0.25, 0.3) is 0 Å². The lowest BCUT2D eigenvalue weighted by atomic mass is 10.3. The minimum absolute atomic E-state index is 0.453. The van der Waals surface area contributed by atoms with Crippen molar-refractivity contribution in [2.75, 3.05) is 10.6 Å². The third-order valence-electron chi connectivity index (χ3n) is 2.60. The highest BCUT2D eigenvalue weighted by Crippen LogP contribution is 2.22. The molecule has 0 aliphatic heterocycles. The zero-order chi connectivity index (χ0) is 14.0. The lowest BCUT2D eigenvalue weighted by Crippen LogP contribution is -2.19. The Morgan fingerprint density at radius 3 is 2.37 bits per heavy atom. The third kappa shape index (κ3) is 3.59. The number of hydrogen-bond donors (Lipinski definition) is 2. The Labute approximate surface area is 126 Å². The maximum absolute atomic E-state index is 5.92. The quantitative estimate of drug-likeness (QED) is 0.826. The molecule has 2 N–H and O–H groups in total. The molecule has 100 valence electrons. The van der Waals surface area contributed by atoms with Crippen LogP contribution in [0.2, 0.25) is 10.0 Å². The molecule has 0 saturated heterocycles. The average Bonchev–Trinajstić information content (AvgIpc) is 2.59. The number of aryl methyl sites for hydroxylation is 1. The zero-order valence-corrected chi connectivity index (χ0v) is 12.7. The van der Waals surface area contributed by atoms with E-state index in [0.717, 1.165) is 17.1 Å². The normalized spacial score (nSPS) is 10.3. The number of rotatable bonds is 2. The monoisotopic (exact) mass is 314 g/mol. The van der Waals surface area contributed by atoms with Crippen LogP contribution in [0, 0.1) is 6.92 Å². The number of thiocarbonyl (C=S) groups is 1. The van der Waals surface area contributed by atoms with Crippen molar-refractivity contribution in [2.45, 2.75) is 6.92 Å². The predicted octanol–water partition coefficient (Wildman–Crippen LogP) is 3.84. The van der Waals surface area contributed by atoms with Crippen molar-refractivity contribution in [3.8, 4) is 0 Å². The lowest BCUT2D eigenvalue weighted by Gasteiger charge is -2.10. The highest BCUT2D eigenvalue weighted by molar-refractivity contribution is 7.80. The van der Waals surface area contributed by atoms with Gasteiger partial charge in [-0.2, -0.15) is 5.10 Å². The van der Waals surface area contributed by atoms with Gasteiger partial charge in [0.25, 0.3) is 0 Å². The molecule has 4 nitrogen and oxygen atoms in total. The van der Waals surface area contributed by atoms with Crippen LogP contribution in [-0.4, -0.2) is 14.9 Å². The minimum atomic E-state index is 0.453. The molecule has 0 fully saturated rings. The molecular weight excluding hydrogens is 303 g/mol. The summed E-state index contributed by atoms with van der Waals surface area (Å²) in [5, 5.41) is 11.8. The number of benzene rings is 1. The molecule has 0 atom stereocenters. The van der Waals surface area contributed by atoms with Crippen LogP contribution < -0.4 is 10.6 Å². The van der Waals surface area contributed by atoms with Gasteiger partial charge in [-0.25, -0.2) is 0 Å². The first-order valence-electron chi connectivity index (χ1n) is 5.48. The molecule has 19 heavy (non-hydrogen) atoms. The first-order valence-corrected chi connectivity index (χ1v) is 6.65. The molecule has 0 aliphatic rings. The van der Waals surface area contributed by atoms with Gasteiger partial charge < -0.3 is 10.6 Å². The average molecular weight is 315 g/mol. The summed E-state index contributed by atoms with van der Waals surface area (Å²) >= 11 is 17.1. The van der Waals surface area contributed by atoms with Crippen molar-refractivity contribution in [1.82, 2.24) is 9.78 Å². The fourth-order valence-electron chi connectivity index (χ4n) is 1.53. The van der Waals surface area contributed by atoms with Crippen molar-refractivity contribution < 1.29 is 0 Å². The van der Waals surface area contributed by atoms with E-state index in [1.165, 1.54) is 0 Å². The van der Waals surface area contributed by atoms with Crippen LogP contribution in [0.3, 0.4) is 0 Å². The highest BCUT2D eigenvalue weighted by Gasteiger charge is 2.06. The molecule has 7 heteroatoms. The Bertz CT molecular complexity index is 604. The van der Waals surface area contributed by atoms with E-state index in [-0.39, 0.29) is 0 Å². The second kappa shape index (κ2) is 5.77. The molecule has 1 heterocycles. The Balaban J connectivity index is 2.07. The van der Waals surface area contributed by atoms with E-state index in [9.17, 15) is 0 Å². The zero-order valence-electron chi connectivity index (χ0n) is 10.4. The van der Waals surface area contributed by atoms with Gasteiger partial charge in [0.2, 0.25) is 0 Å². The lowest BCUT2D eigenvalue weighted by molar-refractivity contribution is 0.740. The summed E-state index contributed by atoms with van der Waals surface area (Å²) < 4.78 is 1.77. The number of aromatic nitrogens is 2. The van der Waals surface area contributed by atoms with E-state index >= 15 is 0 Å². The molecule has 2 aromatic rings. The maximum atomic E-state index is 5.92. The van der Waals surface area contributed by atoms with Crippen molar-refractivity contribution in [3.63, 3.8) is 0 Å². The van der Waals surface area contributed by atoms with E-state index in [0.29, 0.717) is 15.2 Å². The largest absolute Gasteiger partial charge is 0.332 e. The van der Waals surface area contributed by atoms with Gasteiger partial charge in [0.05, 0.1) is 17.6 Å². The Morgan fingerprint density at radius 2 is 1.84 bits per heavy atom. The molecule has 0 amide bonds. The third-order valence-corrected chi connectivity index (χ3v) is 3.24. The van der Waals surface area contributed by atoms with E-state index in [2.05, 4.69) is 15.7 Å². The van der Waals surface area contributed by atoms with E-state index in [1.54, 1.807) is 29.1 Å². The molecule has 0 spiro atoms. The first-order chi connectivity index (χ1) is 8.95. The summed E-state index contributed by atoms with van der Waals surface area (Å²) in [7, 11) is 1.87.